The Morgan fingerprint density at radius 2 is 1.90 bits per heavy atom. The van der Waals surface area contributed by atoms with Gasteiger partial charge < -0.3 is 0 Å². The standard InChI is InChI=1S/C11H8BrN3O4S/c12-8-5-6-11(13-7-8)14-20(18,19)10-4-2-1-3-9(10)15(16)17/h1-7H,(H,13,14). The van der Waals surface area contributed by atoms with E-state index in [0.717, 1.165) is 6.07 Å². The summed E-state index contributed by atoms with van der Waals surface area (Å²) in [5.74, 6) is 0.0753. The lowest BCUT2D eigenvalue weighted by Gasteiger charge is -2.07. The maximum Gasteiger partial charge on any atom is 0.289 e. The molecular weight excluding hydrogens is 350 g/mol. The zero-order valence-corrected chi connectivity index (χ0v) is 12.3. The van der Waals surface area contributed by atoms with E-state index in [4.69, 9.17) is 0 Å². The van der Waals surface area contributed by atoms with Crippen molar-refractivity contribution in [1.29, 1.82) is 0 Å². The largest absolute Gasteiger partial charge is 0.289 e. The Balaban J connectivity index is 2.41. The van der Waals surface area contributed by atoms with E-state index >= 15 is 0 Å². The molecule has 0 amide bonds. The third-order valence-corrected chi connectivity index (χ3v) is 4.19. The maximum absolute atomic E-state index is 12.1. The van der Waals surface area contributed by atoms with E-state index in [1.807, 2.05) is 0 Å². The normalized spacial score (nSPS) is 11.1. The van der Waals surface area contributed by atoms with Gasteiger partial charge in [-0.3, -0.25) is 14.8 Å². The summed E-state index contributed by atoms with van der Waals surface area (Å²) in [6.45, 7) is 0. The van der Waals surface area contributed by atoms with Crippen molar-refractivity contribution < 1.29 is 13.3 Å². The van der Waals surface area contributed by atoms with E-state index in [9.17, 15) is 18.5 Å². The number of nitro groups is 1. The predicted octanol–water partition coefficient (Wildman–Crippen LogP) is 2.55. The first-order chi connectivity index (χ1) is 9.40. The first kappa shape index (κ1) is 14.4. The molecule has 0 radical (unpaired) electrons. The quantitative estimate of drug-likeness (QED) is 0.668. The average molecular weight is 358 g/mol. The van der Waals surface area contributed by atoms with Gasteiger partial charge in [-0.2, -0.15) is 0 Å². The lowest BCUT2D eigenvalue weighted by Crippen LogP contribution is -2.15. The lowest BCUT2D eigenvalue weighted by molar-refractivity contribution is -0.387. The molecule has 0 saturated carbocycles. The van der Waals surface area contributed by atoms with Gasteiger partial charge >= 0.3 is 0 Å². The highest BCUT2D eigenvalue weighted by atomic mass is 79.9. The Labute approximate surface area is 123 Å². The van der Waals surface area contributed by atoms with E-state index < -0.39 is 25.5 Å². The SMILES string of the molecule is O=[N+]([O-])c1ccccc1S(=O)(=O)Nc1ccc(Br)cn1. The van der Waals surface area contributed by atoms with Gasteiger partial charge in [0.1, 0.15) is 5.82 Å². The number of benzene rings is 1. The topological polar surface area (TPSA) is 102 Å². The van der Waals surface area contributed by atoms with Gasteiger partial charge in [0.05, 0.1) is 4.92 Å². The van der Waals surface area contributed by atoms with Gasteiger partial charge in [0.25, 0.3) is 15.7 Å². The second-order valence-electron chi connectivity index (χ2n) is 3.69. The number of para-hydroxylation sites is 1. The molecule has 0 unspecified atom stereocenters. The highest BCUT2D eigenvalue weighted by Gasteiger charge is 2.25. The number of halogens is 1. The van der Waals surface area contributed by atoms with Crippen LogP contribution in [0.4, 0.5) is 11.5 Å². The molecule has 0 fully saturated rings. The highest BCUT2D eigenvalue weighted by molar-refractivity contribution is 9.10. The van der Waals surface area contributed by atoms with Crippen LogP contribution >= 0.6 is 15.9 Å². The number of nitrogens with zero attached hydrogens (tertiary/aromatic N) is 2. The molecule has 0 saturated heterocycles. The highest BCUT2D eigenvalue weighted by Crippen LogP contribution is 2.24. The van der Waals surface area contributed by atoms with Crippen molar-refractivity contribution in [3.05, 3.63) is 57.2 Å². The first-order valence-electron chi connectivity index (χ1n) is 5.28. The van der Waals surface area contributed by atoms with E-state index in [0.29, 0.717) is 4.47 Å². The number of nitro benzene ring substituents is 1. The van der Waals surface area contributed by atoms with Crippen molar-refractivity contribution >= 4 is 37.5 Å². The van der Waals surface area contributed by atoms with E-state index in [-0.39, 0.29) is 5.82 Å². The van der Waals surface area contributed by atoms with Crippen molar-refractivity contribution in [3.63, 3.8) is 0 Å². The molecule has 0 aliphatic heterocycles. The summed E-state index contributed by atoms with van der Waals surface area (Å²) < 4.78 is 27.2. The zero-order chi connectivity index (χ0) is 14.8. The Morgan fingerprint density at radius 3 is 2.50 bits per heavy atom. The fourth-order valence-electron chi connectivity index (χ4n) is 1.46. The van der Waals surface area contributed by atoms with E-state index in [1.165, 1.54) is 30.5 Å². The van der Waals surface area contributed by atoms with Gasteiger partial charge in [-0.15, -0.1) is 0 Å². The zero-order valence-electron chi connectivity index (χ0n) is 9.86. The predicted molar refractivity (Wildman–Crippen MR) is 75.8 cm³/mol. The third-order valence-electron chi connectivity index (χ3n) is 2.32. The molecule has 0 bridgehead atoms. The second kappa shape index (κ2) is 5.55. The number of sulfonamides is 1. The number of rotatable bonds is 4. The van der Waals surface area contributed by atoms with Crippen LogP contribution in [0.5, 0.6) is 0 Å². The van der Waals surface area contributed by atoms with Crippen LogP contribution in [-0.2, 0) is 10.0 Å². The van der Waals surface area contributed by atoms with Gasteiger partial charge in [-0.1, -0.05) is 12.1 Å². The van der Waals surface area contributed by atoms with Crippen LogP contribution in [0.15, 0.2) is 52.0 Å². The fraction of sp³-hybridized carbons (Fsp3) is 0. The number of nitrogens with one attached hydrogen (secondary N) is 1. The summed E-state index contributed by atoms with van der Waals surface area (Å²) in [4.78, 5) is 13.6. The molecule has 104 valence electrons. The van der Waals surface area contributed by atoms with Crippen LogP contribution < -0.4 is 4.72 Å². The van der Waals surface area contributed by atoms with Crippen LogP contribution in [-0.4, -0.2) is 18.3 Å². The van der Waals surface area contributed by atoms with Crippen LogP contribution in [0.3, 0.4) is 0 Å². The second-order valence-corrected chi connectivity index (χ2v) is 6.26. The van der Waals surface area contributed by atoms with Crippen LogP contribution in [0, 0.1) is 10.1 Å². The molecule has 0 atom stereocenters. The van der Waals surface area contributed by atoms with Crippen LogP contribution in [0.1, 0.15) is 0 Å². The minimum Gasteiger partial charge on any atom is -0.263 e. The monoisotopic (exact) mass is 357 g/mol. The summed E-state index contributed by atoms with van der Waals surface area (Å²) >= 11 is 3.17. The lowest BCUT2D eigenvalue weighted by atomic mass is 10.3. The minimum atomic E-state index is -4.07. The van der Waals surface area contributed by atoms with Crippen LogP contribution in [0.2, 0.25) is 0 Å². The summed E-state index contributed by atoms with van der Waals surface area (Å²) in [5, 5.41) is 10.9. The molecule has 0 spiro atoms. The number of hydrogen-bond donors (Lipinski definition) is 1. The third kappa shape index (κ3) is 3.11. The molecule has 7 nitrogen and oxygen atoms in total. The molecule has 20 heavy (non-hydrogen) atoms. The number of anilines is 1. The summed E-state index contributed by atoms with van der Waals surface area (Å²) in [6.07, 6.45) is 1.41. The Hall–Kier alpha value is -2.00. The smallest absolute Gasteiger partial charge is 0.263 e. The summed E-state index contributed by atoms with van der Waals surface area (Å²) in [5.41, 5.74) is -0.489. The van der Waals surface area contributed by atoms with E-state index in [1.54, 1.807) is 6.07 Å². The Kier molecular flexibility index (Phi) is 4.00. The molecule has 0 aliphatic carbocycles. The van der Waals surface area contributed by atoms with Crippen LogP contribution in [0.25, 0.3) is 0 Å². The molecule has 0 aliphatic rings. The van der Waals surface area contributed by atoms with Gasteiger partial charge in [0, 0.05) is 16.7 Å². The van der Waals surface area contributed by atoms with Crippen molar-refractivity contribution in [2.45, 2.75) is 4.90 Å². The molecule has 1 N–H and O–H groups in total. The molecular formula is C11H8BrN3O4S. The average Bonchev–Trinajstić information content (AvgIpc) is 2.41. The van der Waals surface area contributed by atoms with Gasteiger partial charge in [-0.05, 0) is 34.1 Å². The minimum absolute atomic E-state index is 0.0753. The van der Waals surface area contributed by atoms with Crippen molar-refractivity contribution in [2.24, 2.45) is 0 Å². The van der Waals surface area contributed by atoms with Gasteiger partial charge in [0.15, 0.2) is 4.90 Å². The Bertz CT molecular complexity index is 747. The number of aromatic nitrogens is 1. The number of hydrogen-bond acceptors (Lipinski definition) is 5. The van der Waals surface area contributed by atoms with E-state index in [2.05, 4.69) is 25.6 Å². The summed E-state index contributed by atoms with van der Waals surface area (Å²) in [7, 11) is -4.07. The molecule has 1 aromatic heterocycles. The van der Waals surface area contributed by atoms with Crippen molar-refractivity contribution in [1.82, 2.24) is 4.98 Å². The first-order valence-corrected chi connectivity index (χ1v) is 7.55. The van der Waals surface area contributed by atoms with Gasteiger partial charge in [0.2, 0.25) is 0 Å². The fourth-order valence-corrected chi connectivity index (χ4v) is 2.88. The summed E-state index contributed by atoms with van der Waals surface area (Å²) in [6, 6.07) is 8.15. The molecule has 2 rings (SSSR count). The van der Waals surface area contributed by atoms with Crippen molar-refractivity contribution in [3.8, 4) is 0 Å². The molecule has 2 aromatic rings. The molecule has 9 heteroatoms. The molecule has 1 aromatic carbocycles. The molecule has 1 heterocycles. The number of pyridine rings is 1. The van der Waals surface area contributed by atoms with Gasteiger partial charge in [-0.25, -0.2) is 13.4 Å². The Morgan fingerprint density at radius 1 is 1.20 bits per heavy atom. The van der Waals surface area contributed by atoms with Crippen molar-refractivity contribution in [2.75, 3.05) is 4.72 Å². The maximum atomic E-state index is 12.1.